The van der Waals surface area contributed by atoms with Gasteiger partial charge in [0.2, 0.25) is 0 Å². The second-order valence-electron chi connectivity index (χ2n) is 6.91. The number of carbonyl (C=O) groups is 3. The van der Waals surface area contributed by atoms with Crippen LogP contribution in [0.15, 0.2) is 47.5 Å². The molecule has 2 aliphatic rings. The van der Waals surface area contributed by atoms with E-state index < -0.39 is 17.7 Å². The molecule has 0 aromatic heterocycles. The van der Waals surface area contributed by atoms with Crippen molar-refractivity contribution in [1.29, 1.82) is 0 Å². The fraction of sp³-hybridized carbons (Fsp3) is 0.238. The molecule has 0 aliphatic carbocycles. The number of anilines is 2. The number of halogens is 1. The largest absolute Gasteiger partial charge is 0.379 e. The van der Waals surface area contributed by atoms with Crippen LogP contribution >= 0.6 is 11.6 Å². The summed E-state index contributed by atoms with van der Waals surface area (Å²) in [5.41, 5.74) is 1.93. The number of urea groups is 1. The van der Waals surface area contributed by atoms with Crippen LogP contribution in [0.5, 0.6) is 0 Å². The predicted molar refractivity (Wildman–Crippen MR) is 114 cm³/mol. The van der Waals surface area contributed by atoms with E-state index in [-0.39, 0.29) is 5.56 Å². The molecule has 154 valence electrons. The van der Waals surface area contributed by atoms with Gasteiger partial charge in [0.25, 0.3) is 5.78 Å². The Morgan fingerprint density at radius 3 is 2.60 bits per heavy atom. The number of rotatable bonds is 4. The maximum Gasteiger partial charge on any atom is 0.345 e. The van der Waals surface area contributed by atoms with Crippen LogP contribution < -0.4 is 10.2 Å². The number of hydrogen-bond donors (Lipinski definition) is 1. The summed E-state index contributed by atoms with van der Waals surface area (Å²) < 4.78 is 5.32. The lowest BCUT2D eigenvalue weighted by Gasteiger charge is -2.30. The number of hydrogen-bond acceptors (Lipinski definition) is 5. The van der Waals surface area contributed by atoms with E-state index in [1.807, 2.05) is 0 Å². The topological polar surface area (TPSA) is 91.3 Å². The van der Waals surface area contributed by atoms with Gasteiger partial charge in [0, 0.05) is 30.0 Å². The lowest BCUT2D eigenvalue weighted by molar-refractivity contribution is -0.114. The molecule has 30 heavy (non-hydrogen) atoms. The lowest BCUT2D eigenvalue weighted by atomic mass is 10.1. The standard InChI is InChI=1S/C21H19ClN4O4/c22-15-3-1-14(2-4-15)12-23-21(29)24-16-5-6-18-17(11-16)19(27)20(28)26(18)13-25-7-9-30-10-8-25/h1-6,11-12H,7-10,13H2,(H,24,29)/b23-12+. The van der Waals surface area contributed by atoms with E-state index in [4.69, 9.17) is 16.3 Å². The first kappa shape index (κ1) is 20.2. The zero-order valence-corrected chi connectivity index (χ0v) is 16.8. The number of amides is 3. The molecule has 8 nitrogen and oxygen atoms in total. The summed E-state index contributed by atoms with van der Waals surface area (Å²) in [7, 11) is 0. The maximum atomic E-state index is 12.5. The van der Waals surface area contributed by atoms with Crippen LogP contribution in [-0.4, -0.2) is 61.8 Å². The summed E-state index contributed by atoms with van der Waals surface area (Å²) in [6, 6.07) is 11.1. The quantitative estimate of drug-likeness (QED) is 0.599. The molecule has 0 spiro atoms. The van der Waals surface area contributed by atoms with Crippen LogP contribution in [0, 0.1) is 0 Å². The van der Waals surface area contributed by atoms with E-state index in [9.17, 15) is 14.4 Å². The summed E-state index contributed by atoms with van der Waals surface area (Å²) in [5, 5.41) is 3.21. The minimum Gasteiger partial charge on any atom is -0.379 e. The Labute approximate surface area is 178 Å². The van der Waals surface area contributed by atoms with E-state index in [0.717, 1.165) is 5.56 Å². The molecule has 2 aromatic carbocycles. The normalized spacial score (nSPS) is 16.9. The molecule has 1 saturated heterocycles. The van der Waals surface area contributed by atoms with Crippen molar-refractivity contribution in [2.24, 2.45) is 4.99 Å². The number of carbonyl (C=O) groups excluding carboxylic acids is 3. The van der Waals surface area contributed by atoms with E-state index >= 15 is 0 Å². The Kier molecular flexibility index (Phi) is 5.89. The number of aliphatic imine (C=N–C) groups is 1. The van der Waals surface area contributed by atoms with Crippen molar-refractivity contribution >= 4 is 46.9 Å². The first-order chi connectivity index (χ1) is 14.5. The van der Waals surface area contributed by atoms with E-state index in [0.29, 0.717) is 49.4 Å². The molecular weight excluding hydrogens is 408 g/mol. The van der Waals surface area contributed by atoms with Gasteiger partial charge < -0.3 is 10.1 Å². The Balaban J connectivity index is 1.45. The molecule has 2 aliphatic heterocycles. The highest BCUT2D eigenvalue weighted by atomic mass is 35.5. The van der Waals surface area contributed by atoms with Gasteiger partial charge in [-0.15, -0.1) is 0 Å². The molecule has 9 heteroatoms. The van der Waals surface area contributed by atoms with Gasteiger partial charge in [0.1, 0.15) is 0 Å². The lowest BCUT2D eigenvalue weighted by Crippen LogP contribution is -2.45. The van der Waals surface area contributed by atoms with Gasteiger partial charge in [0.05, 0.1) is 31.1 Å². The maximum absolute atomic E-state index is 12.5. The summed E-state index contributed by atoms with van der Waals surface area (Å²) in [5.74, 6) is -1.15. The summed E-state index contributed by atoms with van der Waals surface area (Å²) in [4.78, 5) is 44.4. The molecule has 0 atom stereocenters. The molecule has 0 radical (unpaired) electrons. The highest BCUT2D eigenvalue weighted by Gasteiger charge is 2.37. The Morgan fingerprint density at radius 2 is 1.87 bits per heavy atom. The van der Waals surface area contributed by atoms with Crippen LogP contribution in [0.25, 0.3) is 0 Å². The molecule has 1 N–H and O–H groups in total. The Hall–Kier alpha value is -3.07. The number of morpholine rings is 1. The van der Waals surface area contributed by atoms with Crippen molar-refractivity contribution in [2.45, 2.75) is 0 Å². The van der Waals surface area contributed by atoms with Gasteiger partial charge in [-0.1, -0.05) is 23.7 Å². The SMILES string of the molecule is O=C(/N=C/c1ccc(Cl)cc1)Nc1ccc2c(c1)C(=O)C(=O)N2CN1CCOCC1. The minimum atomic E-state index is -0.591. The zero-order chi connectivity index (χ0) is 21.1. The summed E-state index contributed by atoms with van der Waals surface area (Å²) >= 11 is 5.83. The van der Waals surface area contributed by atoms with Crippen molar-refractivity contribution in [3.8, 4) is 0 Å². The Morgan fingerprint density at radius 1 is 1.13 bits per heavy atom. The molecule has 0 unspecified atom stereocenters. The molecule has 1 fully saturated rings. The van der Waals surface area contributed by atoms with Crippen molar-refractivity contribution in [2.75, 3.05) is 43.2 Å². The molecule has 4 rings (SSSR count). The van der Waals surface area contributed by atoms with Gasteiger partial charge in [-0.2, -0.15) is 0 Å². The highest BCUT2D eigenvalue weighted by Crippen LogP contribution is 2.31. The first-order valence-corrected chi connectivity index (χ1v) is 9.80. The third kappa shape index (κ3) is 4.40. The van der Waals surface area contributed by atoms with Gasteiger partial charge in [-0.25, -0.2) is 9.79 Å². The third-order valence-electron chi connectivity index (χ3n) is 4.87. The van der Waals surface area contributed by atoms with Gasteiger partial charge in [0.15, 0.2) is 0 Å². The molecule has 0 saturated carbocycles. The van der Waals surface area contributed by atoms with E-state index in [1.54, 1.807) is 36.4 Å². The van der Waals surface area contributed by atoms with E-state index in [1.165, 1.54) is 17.2 Å². The zero-order valence-electron chi connectivity index (χ0n) is 16.0. The third-order valence-corrected chi connectivity index (χ3v) is 5.12. The summed E-state index contributed by atoms with van der Waals surface area (Å²) in [6.45, 7) is 2.94. The number of fused-ring (bicyclic) bond motifs is 1. The number of benzene rings is 2. The van der Waals surface area contributed by atoms with Gasteiger partial charge >= 0.3 is 11.9 Å². The van der Waals surface area contributed by atoms with E-state index in [2.05, 4.69) is 15.2 Å². The summed E-state index contributed by atoms with van der Waals surface area (Å²) in [6.07, 6.45) is 1.41. The average molecular weight is 427 g/mol. The van der Waals surface area contributed by atoms with Gasteiger partial charge in [-0.05, 0) is 35.9 Å². The van der Waals surface area contributed by atoms with Gasteiger partial charge in [-0.3, -0.25) is 19.4 Å². The number of nitrogens with one attached hydrogen (secondary N) is 1. The van der Waals surface area contributed by atoms with Crippen molar-refractivity contribution in [3.05, 3.63) is 58.6 Å². The van der Waals surface area contributed by atoms with Crippen molar-refractivity contribution in [1.82, 2.24) is 4.90 Å². The number of ether oxygens (including phenoxy) is 1. The van der Waals surface area contributed by atoms with Crippen molar-refractivity contribution in [3.63, 3.8) is 0 Å². The van der Waals surface area contributed by atoms with Crippen LogP contribution in [0.2, 0.25) is 5.02 Å². The Bertz CT molecular complexity index is 1020. The number of ketones is 1. The van der Waals surface area contributed by atoms with Crippen LogP contribution in [0.3, 0.4) is 0 Å². The molecule has 2 aromatic rings. The average Bonchev–Trinajstić information content (AvgIpc) is 2.99. The fourth-order valence-corrected chi connectivity index (χ4v) is 3.42. The molecule has 3 amide bonds. The van der Waals surface area contributed by atoms with Crippen molar-refractivity contribution < 1.29 is 19.1 Å². The first-order valence-electron chi connectivity index (χ1n) is 9.42. The molecule has 2 heterocycles. The van der Waals surface area contributed by atoms with Crippen LogP contribution in [0.4, 0.5) is 16.2 Å². The van der Waals surface area contributed by atoms with Crippen LogP contribution in [0.1, 0.15) is 15.9 Å². The van der Waals surface area contributed by atoms with Crippen LogP contribution in [-0.2, 0) is 9.53 Å². The smallest absolute Gasteiger partial charge is 0.345 e. The number of Topliss-reactive ketones (excluding diaryl/α,β-unsaturated/α-hetero) is 1. The second-order valence-corrected chi connectivity index (χ2v) is 7.34. The predicted octanol–water partition coefficient (Wildman–Crippen LogP) is 2.81. The minimum absolute atomic E-state index is 0.271. The second kappa shape index (κ2) is 8.74. The monoisotopic (exact) mass is 426 g/mol. The molecule has 0 bridgehead atoms. The number of nitrogens with zero attached hydrogens (tertiary/aromatic N) is 3. The highest BCUT2D eigenvalue weighted by molar-refractivity contribution is 6.52. The molecular formula is C21H19ClN4O4. The fourth-order valence-electron chi connectivity index (χ4n) is 3.30.